The van der Waals surface area contributed by atoms with E-state index in [1.165, 1.54) is 4.90 Å². The monoisotopic (exact) mass is 772 g/mol. The average molecular weight is 773 g/mol. The van der Waals surface area contributed by atoms with E-state index >= 15 is 0 Å². The van der Waals surface area contributed by atoms with Gasteiger partial charge in [0.2, 0.25) is 11.8 Å². The summed E-state index contributed by atoms with van der Waals surface area (Å²) >= 11 is 0. The number of benzene rings is 2. The predicted octanol–water partition coefficient (Wildman–Crippen LogP) is 5.33. The van der Waals surface area contributed by atoms with Crippen LogP contribution in [0.3, 0.4) is 0 Å². The van der Waals surface area contributed by atoms with Crippen molar-refractivity contribution in [2.24, 2.45) is 0 Å². The zero-order valence-corrected chi connectivity index (χ0v) is 32.5. The van der Waals surface area contributed by atoms with Crippen molar-refractivity contribution in [3.63, 3.8) is 0 Å². The number of fused-ring (bicyclic) bond motifs is 3. The van der Waals surface area contributed by atoms with Gasteiger partial charge in [-0.1, -0.05) is 65.9 Å². The maximum absolute atomic E-state index is 13.5. The molecule has 0 atom stereocenters. The van der Waals surface area contributed by atoms with Crippen LogP contribution in [0, 0.1) is 0 Å². The molecule has 57 heavy (non-hydrogen) atoms. The number of rotatable bonds is 17. The lowest BCUT2D eigenvalue weighted by molar-refractivity contribution is -0.158. The number of nitrogens with one attached hydrogen (secondary N) is 1. The predicted molar refractivity (Wildman–Crippen MR) is 211 cm³/mol. The topological polar surface area (TPSA) is 162 Å². The van der Waals surface area contributed by atoms with Crippen molar-refractivity contribution in [2.45, 2.75) is 71.2 Å². The normalized spacial score (nSPS) is 12.0. The Bertz CT molecular complexity index is 2050. The number of aryl methyl sites for hydroxylation is 2. The molecule has 1 N–H and O–H groups in total. The molecule has 0 radical (unpaired) electrons. The van der Waals surface area contributed by atoms with Gasteiger partial charge in [0.1, 0.15) is 18.8 Å². The molecule has 0 fully saturated rings. The quantitative estimate of drug-likeness (QED) is 0.122. The zero-order valence-electron chi connectivity index (χ0n) is 32.5. The summed E-state index contributed by atoms with van der Waals surface area (Å²) < 4.78 is 12.7. The van der Waals surface area contributed by atoms with E-state index in [9.17, 15) is 19.2 Å². The first-order valence-electron chi connectivity index (χ1n) is 19.1. The highest BCUT2D eigenvalue weighted by atomic mass is 16.6. The van der Waals surface area contributed by atoms with E-state index in [2.05, 4.69) is 37.7 Å². The minimum atomic E-state index is -0.737. The first kappa shape index (κ1) is 40.2. The fourth-order valence-corrected chi connectivity index (χ4v) is 6.69. The van der Waals surface area contributed by atoms with Crippen molar-refractivity contribution >= 4 is 23.9 Å². The summed E-state index contributed by atoms with van der Waals surface area (Å²) in [5, 5.41) is 11.1. The number of ether oxygens (including phenoxy) is 2. The third kappa shape index (κ3) is 11.5. The lowest BCUT2D eigenvalue weighted by Gasteiger charge is -2.25. The highest BCUT2D eigenvalue weighted by Crippen LogP contribution is 2.44. The molecule has 3 amide bonds. The molecule has 3 aromatic heterocycles. The van der Waals surface area contributed by atoms with Gasteiger partial charge >= 0.3 is 12.1 Å². The van der Waals surface area contributed by atoms with E-state index in [4.69, 9.17) is 9.47 Å². The van der Waals surface area contributed by atoms with Crippen molar-refractivity contribution in [3.05, 3.63) is 132 Å². The van der Waals surface area contributed by atoms with Gasteiger partial charge in [-0.3, -0.25) is 29.0 Å². The third-order valence-electron chi connectivity index (χ3n) is 9.33. The standard InChI is InChI=1S/C43H48N8O6/c1-43(2,3)57-41(54)29-49(25-23-46-42(55)56-30-38-36-16-6-4-14-34(36)35-15-5-7-17-37(35)38)39(52)19-18-33-28-51(48-47-33)24-20-40(53)50(26-31-12-8-10-21-44-31)27-32-13-9-11-22-45-32/h4-17,21-22,28,38H,18-20,23-27,29-30H2,1-3H3,(H,46,55). The van der Waals surface area contributed by atoms with Crippen LogP contribution in [0.15, 0.2) is 104 Å². The molecule has 0 spiro atoms. The molecular formula is C43H48N8O6. The molecule has 296 valence electrons. The van der Waals surface area contributed by atoms with Crippen molar-refractivity contribution in [2.75, 3.05) is 26.2 Å². The summed E-state index contributed by atoms with van der Waals surface area (Å²) in [5.41, 5.74) is 5.83. The van der Waals surface area contributed by atoms with Crippen LogP contribution in [0.4, 0.5) is 4.79 Å². The fraction of sp³-hybridized carbons (Fsp3) is 0.349. The number of hydrogen-bond acceptors (Lipinski definition) is 10. The zero-order chi connectivity index (χ0) is 40.2. The Kier molecular flexibility index (Phi) is 13.4. The summed E-state index contributed by atoms with van der Waals surface area (Å²) in [7, 11) is 0. The first-order chi connectivity index (χ1) is 27.5. The number of carbonyl (C=O) groups is 4. The highest BCUT2D eigenvalue weighted by molar-refractivity contribution is 5.82. The van der Waals surface area contributed by atoms with Gasteiger partial charge in [-0.15, -0.1) is 5.10 Å². The van der Waals surface area contributed by atoms with E-state index in [1.807, 2.05) is 72.8 Å². The minimum absolute atomic E-state index is 0.0350. The van der Waals surface area contributed by atoms with Crippen molar-refractivity contribution in [1.82, 2.24) is 40.1 Å². The van der Waals surface area contributed by atoms with E-state index < -0.39 is 17.7 Å². The van der Waals surface area contributed by atoms with Gasteiger partial charge in [-0.2, -0.15) is 0 Å². The highest BCUT2D eigenvalue weighted by Gasteiger charge is 2.29. The van der Waals surface area contributed by atoms with E-state index in [0.29, 0.717) is 18.8 Å². The smallest absolute Gasteiger partial charge is 0.407 e. The van der Waals surface area contributed by atoms with Crippen LogP contribution >= 0.6 is 0 Å². The number of aromatic nitrogens is 5. The van der Waals surface area contributed by atoms with Crippen molar-refractivity contribution in [1.29, 1.82) is 0 Å². The summed E-state index contributed by atoms with van der Waals surface area (Å²) in [4.78, 5) is 64.3. The lowest BCUT2D eigenvalue weighted by Crippen LogP contribution is -2.43. The average Bonchev–Trinajstić information content (AvgIpc) is 3.79. The van der Waals surface area contributed by atoms with Gasteiger partial charge < -0.3 is 24.6 Å². The number of carbonyl (C=O) groups excluding carboxylic acids is 4. The molecule has 3 heterocycles. The summed E-state index contributed by atoms with van der Waals surface area (Å²) in [6, 6.07) is 27.4. The van der Waals surface area contributed by atoms with Crippen LogP contribution in [0.5, 0.6) is 0 Å². The van der Waals surface area contributed by atoms with Crippen molar-refractivity contribution < 1.29 is 28.7 Å². The maximum Gasteiger partial charge on any atom is 0.407 e. The van der Waals surface area contributed by atoms with Gasteiger partial charge in [0.15, 0.2) is 0 Å². The molecule has 1 aliphatic rings. The van der Waals surface area contributed by atoms with Gasteiger partial charge in [0, 0.05) is 56.9 Å². The minimum Gasteiger partial charge on any atom is -0.459 e. The van der Waals surface area contributed by atoms with Crippen LogP contribution in [-0.4, -0.2) is 90.5 Å². The third-order valence-corrected chi connectivity index (χ3v) is 9.33. The van der Waals surface area contributed by atoms with Gasteiger partial charge in [0.05, 0.1) is 36.7 Å². The molecule has 0 saturated heterocycles. The molecule has 0 unspecified atom stereocenters. The molecule has 0 saturated carbocycles. The molecule has 0 aliphatic heterocycles. The molecule has 1 aliphatic carbocycles. The van der Waals surface area contributed by atoms with Crippen molar-refractivity contribution in [3.8, 4) is 11.1 Å². The van der Waals surface area contributed by atoms with E-state index in [-0.39, 0.29) is 69.8 Å². The van der Waals surface area contributed by atoms with E-state index in [0.717, 1.165) is 33.6 Å². The Balaban J connectivity index is 0.997. The van der Waals surface area contributed by atoms with Crippen LogP contribution in [0.2, 0.25) is 0 Å². The number of esters is 1. The summed E-state index contributed by atoms with van der Waals surface area (Å²) in [5.74, 6) is -1.06. The summed E-state index contributed by atoms with van der Waals surface area (Å²) in [6.45, 7) is 6.21. The van der Waals surface area contributed by atoms with Crippen LogP contribution in [0.25, 0.3) is 11.1 Å². The lowest BCUT2D eigenvalue weighted by atomic mass is 9.98. The maximum atomic E-state index is 13.5. The van der Waals surface area contributed by atoms with E-state index in [1.54, 1.807) is 48.9 Å². The second-order valence-corrected chi connectivity index (χ2v) is 14.8. The summed E-state index contributed by atoms with van der Waals surface area (Å²) in [6.07, 6.45) is 4.94. The largest absolute Gasteiger partial charge is 0.459 e. The molecule has 6 rings (SSSR count). The Morgan fingerprint density at radius 3 is 1.95 bits per heavy atom. The Morgan fingerprint density at radius 1 is 0.754 bits per heavy atom. The van der Waals surface area contributed by atoms with Gasteiger partial charge in [-0.25, -0.2) is 4.79 Å². The molecular weight excluding hydrogens is 725 g/mol. The van der Waals surface area contributed by atoms with Crippen LogP contribution in [-0.2, 0) is 49.9 Å². The Labute approximate surface area is 332 Å². The molecule has 2 aromatic carbocycles. The fourth-order valence-electron chi connectivity index (χ4n) is 6.69. The molecule has 0 bridgehead atoms. The van der Waals surface area contributed by atoms with Gasteiger partial charge in [-0.05, 0) is 67.3 Å². The SMILES string of the molecule is CC(C)(C)OC(=O)CN(CCNC(=O)OCC1c2ccccc2-c2ccccc21)C(=O)CCc1cn(CCC(=O)N(Cc2ccccn2)Cc2ccccn2)nn1. The number of nitrogens with zero attached hydrogens (tertiary/aromatic N) is 7. The Hall–Kier alpha value is -6.44. The van der Waals surface area contributed by atoms with Crippen LogP contribution in [0.1, 0.15) is 67.7 Å². The Morgan fingerprint density at radius 2 is 1.35 bits per heavy atom. The number of hydrogen-bond donors (Lipinski definition) is 1. The molecule has 14 heteroatoms. The second kappa shape index (κ2) is 18.9. The number of alkyl carbamates (subject to hydrolysis) is 1. The number of amides is 3. The first-order valence-corrected chi connectivity index (χ1v) is 19.1. The second-order valence-electron chi connectivity index (χ2n) is 14.8. The molecule has 5 aromatic rings. The molecule has 14 nitrogen and oxygen atoms in total. The number of pyridine rings is 2. The van der Waals surface area contributed by atoms with Gasteiger partial charge in [0.25, 0.3) is 0 Å². The van der Waals surface area contributed by atoms with Crippen LogP contribution < -0.4 is 5.32 Å².